The number of hydrogen-bond acceptors (Lipinski definition) is 4. The van der Waals surface area contributed by atoms with Crippen LogP contribution in [0.5, 0.6) is 0 Å². The lowest BCUT2D eigenvalue weighted by molar-refractivity contribution is 0.0696. The van der Waals surface area contributed by atoms with Gasteiger partial charge in [-0.15, -0.1) is 0 Å². The molecule has 0 atom stereocenters. The van der Waals surface area contributed by atoms with Crippen LogP contribution in [0.25, 0.3) is 11.0 Å². The normalized spacial score (nSPS) is 10.5. The van der Waals surface area contributed by atoms with Gasteiger partial charge in [0, 0.05) is 11.6 Å². The summed E-state index contributed by atoms with van der Waals surface area (Å²) in [4.78, 5) is 15.5. The molecule has 0 aliphatic heterocycles. The van der Waals surface area contributed by atoms with Crippen LogP contribution in [0, 0.1) is 0 Å². The van der Waals surface area contributed by atoms with E-state index in [1.807, 2.05) is 0 Å². The zero-order valence-electron chi connectivity index (χ0n) is 6.51. The summed E-state index contributed by atoms with van der Waals surface area (Å²) in [5.74, 6) is 4.38. The Morgan fingerprint density at radius 2 is 2.31 bits per heavy atom. The Bertz CT molecular complexity index is 476. The van der Waals surface area contributed by atoms with Crippen LogP contribution < -0.4 is 5.84 Å². The van der Waals surface area contributed by atoms with Crippen LogP contribution in [0.4, 0.5) is 0 Å². The van der Waals surface area contributed by atoms with E-state index in [0.29, 0.717) is 11.0 Å². The lowest BCUT2D eigenvalue weighted by Gasteiger charge is -1.94. The van der Waals surface area contributed by atoms with Gasteiger partial charge in [0.1, 0.15) is 0 Å². The van der Waals surface area contributed by atoms with E-state index >= 15 is 0 Å². The molecule has 2 aromatic rings. The standard InChI is InChI=1S/C7H6N4O2/c8-11-6-4(3-10-11)1-5(2-9-6)7(12)13/h1-3H,8H2,(H,12,13). The van der Waals surface area contributed by atoms with E-state index in [4.69, 9.17) is 10.9 Å². The summed E-state index contributed by atoms with van der Waals surface area (Å²) in [5.41, 5.74) is 0.588. The van der Waals surface area contributed by atoms with Crippen molar-refractivity contribution < 1.29 is 9.90 Å². The van der Waals surface area contributed by atoms with Gasteiger partial charge in [-0.2, -0.15) is 9.89 Å². The van der Waals surface area contributed by atoms with E-state index in [-0.39, 0.29) is 5.56 Å². The van der Waals surface area contributed by atoms with E-state index in [9.17, 15) is 4.79 Å². The van der Waals surface area contributed by atoms with Gasteiger partial charge in [-0.05, 0) is 6.07 Å². The SMILES string of the molecule is Nn1ncc2cc(C(=O)O)cnc21. The summed E-state index contributed by atoms with van der Waals surface area (Å²) >= 11 is 0. The zero-order chi connectivity index (χ0) is 9.42. The Hall–Kier alpha value is -2.11. The van der Waals surface area contributed by atoms with E-state index < -0.39 is 5.97 Å². The summed E-state index contributed by atoms with van der Waals surface area (Å²) in [6.07, 6.45) is 2.71. The van der Waals surface area contributed by atoms with Gasteiger partial charge in [-0.25, -0.2) is 9.78 Å². The summed E-state index contributed by atoms with van der Waals surface area (Å²) in [5, 5.41) is 13.0. The Morgan fingerprint density at radius 1 is 1.54 bits per heavy atom. The van der Waals surface area contributed by atoms with Gasteiger partial charge in [-0.3, -0.25) is 0 Å². The first-order valence-electron chi connectivity index (χ1n) is 3.50. The first-order chi connectivity index (χ1) is 6.18. The fraction of sp³-hybridized carbons (Fsp3) is 0. The third-order valence-corrected chi connectivity index (χ3v) is 1.68. The first kappa shape index (κ1) is 7.53. The molecule has 0 aliphatic carbocycles. The van der Waals surface area contributed by atoms with Gasteiger partial charge in [0.15, 0.2) is 5.65 Å². The van der Waals surface area contributed by atoms with Crippen LogP contribution in [0.15, 0.2) is 18.5 Å². The predicted octanol–water partition coefficient (Wildman–Crippen LogP) is -0.157. The molecule has 2 rings (SSSR count). The molecule has 0 unspecified atom stereocenters. The van der Waals surface area contributed by atoms with Gasteiger partial charge in [-0.1, -0.05) is 0 Å². The highest BCUT2D eigenvalue weighted by atomic mass is 16.4. The van der Waals surface area contributed by atoms with Gasteiger partial charge in [0.05, 0.1) is 11.8 Å². The number of aromatic nitrogens is 3. The molecule has 0 saturated carbocycles. The Morgan fingerprint density at radius 3 is 3.00 bits per heavy atom. The molecule has 2 aromatic heterocycles. The van der Waals surface area contributed by atoms with Gasteiger partial charge < -0.3 is 10.9 Å². The van der Waals surface area contributed by atoms with Crippen LogP contribution in [-0.4, -0.2) is 25.9 Å². The lowest BCUT2D eigenvalue weighted by atomic mass is 10.2. The van der Waals surface area contributed by atoms with Crippen molar-refractivity contribution in [3.05, 3.63) is 24.0 Å². The molecule has 0 saturated heterocycles. The number of pyridine rings is 1. The second kappa shape index (κ2) is 2.44. The quantitative estimate of drug-likeness (QED) is 0.592. The minimum Gasteiger partial charge on any atom is -0.478 e. The number of hydrogen-bond donors (Lipinski definition) is 2. The number of carbonyl (C=O) groups is 1. The number of carboxylic acids is 1. The van der Waals surface area contributed by atoms with E-state index in [2.05, 4.69) is 10.1 Å². The predicted molar refractivity (Wildman–Crippen MR) is 44.6 cm³/mol. The van der Waals surface area contributed by atoms with Gasteiger partial charge in [0.2, 0.25) is 0 Å². The molecule has 66 valence electrons. The zero-order valence-corrected chi connectivity index (χ0v) is 6.51. The molecule has 0 aromatic carbocycles. The number of nitrogens with zero attached hydrogens (tertiary/aromatic N) is 3. The van der Waals surface area contributed by atoms with Crippen molar-refractivity contribution in [2.75, 3.05) is 5.84 Å². The Balaban J connectivity index is 2.70. The molecule has 0 spiro atoms. The molecule has 0 amide bonds. The lowest BCUT2D eigenvalue weighted by Crippen LogP contribution is -2.10. The van der Waals surface area contributed by atoms with Crippen molar-refractivity contribution in [3.63, 3.8) is 0 Å². The molecule has 0 radical (unpaired) electrons. The number of aromatic carboxylic acids is 1. The van der Waals surface area contributed by atoms with Crippen molar-refractivity contribution in [3.8, 4) is 0 Å². The molecule has 6 heteroatoms. The van der Waals surface area contributed by atoms with E-state index in [0.717, 1.165) is 4.79 Å². The van der Waals surface area contributed by atoms with Crippen molar-refractivity contribution in [1.82, 2.24) is 14.9 Å². The minimum absolute atomic E-state index is 0.125. The number of carboxylic acid groups (broad SMARTS) is 1. The number of nitrogens with two attached hydrogens (primary N) is 1. The fourth-order valence-electron chi connectivity index (χ4n) is 1.06. The van der Waals surface area contributed by atoms with E-state index in [1.165, 1.54) is 18.5 Å². The Kier molecular flexibility index (Phi) is 1.42. The van der Waals surface area contributed by atoms with E-state index in [1.54, 1.807) is 0 Å². The summed E-state index contributed by atoms with van der Waals surface area (Å²) in [7, 11) is 0. The molecule has 0 aliphatic rings. The third kappa shape index (κ3) is 1.08. The highest BCUT2D eigenvalue weighted by Crippen LogP contribution is 2.10. The number of rotatable bonds is 1. The average molecular weight is 178 g/mol. The second-order valence-electron chi connectivity index (χ2n) is 2.53. The molecule has 0 fully saturated rings. The van der Waals surface area contributed by atoms with Crippen LogP contribution in [0.2, 0.25) is 0 Å². The number of fused-ring (bicyclic) bond motifs is 1. The molecule has 6 nitrogen and oxygen atoms in total. The van der Waals surface area contributed by atoms with Crippen molar-refractivity contribution in [2.24, 2.45) is 0 Å². The highest BCUT2D eigenvalue weighted by Gasteiger charge is 2.06. The molecular formula is C7H6N4O2. The molecule has 13 heavy (non-hydrogen) atoms. The number of nitrogen functional groups attached to an aromatic ring is 1. The first-order valence-corrected chi connectivity index (χ1v) is 3.50. The summed E-state index contributed by atoms with van der Waals surface area (Å²) in [6.45, 7) is 0. The van der Waals surface area contributed by atoms with Crippen LogP contribution in [-0.2, 0) is 0 Å². The van der Waals surface area contributed by atoms with Crippen molar-refractivity contribution >= 4 is 17.0 Å². The summed E-state index contributed by atoms with van der Waals surface area (Å²) < 4.78 is 0. The van der Waals surface area contributed by atoms with Gasteiger partial charge in [0.25, 0.3) is 0 Å². The molecule has 3 N–H and O–H groups in total. The van der Waals surface area contributed by atoms with Crippen molar-refractivity contribution in [1.29, 1.82) is 0 Å². The Labute approximate surface area is 72.6 Å². The summed E-state index contributed by atoms with van der Waals surface area (Å²) in [6, 6.07) is 1.47. The topological polar surface area (TPSA) is 94.0 Å². The minimum atomic E-state index is -1.01. The molecule has 2 heterocycles. The smallest absolute Gasteiger partial charge is 0.337 e. The second-order valence-corrected chi connectivity index (χ2v) is 2.53. The van der Waals surface area contributed by atoms with Crippen molar-refractivity contribution in [2.45, 2.75) is 0 Å². The maximum absolute atomic E-state index is 10.6. The molecule has 0 bridgehead atoms. The van der Waals surface area contributed by atoms with Crippen LogP contribution in [0.1, 0.15) is 10.4 Å². The monoisotopic (exact) mass is 178 g/mol. The van der Waals surface area contributed by atoms with Gasteiger partial charge >= 0.3 is 5.97 Å². The maximum atomic E-state index is 10.6. The average Bonchev–Trinajstić information content (AvgIpc) is 2.47. The highest BCUT2D eigenvalue weighted by molar-refractivity contribution is 5.91. The fourth-order valence-corrected chi connectivity index (χ4v) is 1.06. The molecular weight excluding hydrogens is 172 g/mol. The van der Waals surface area contributed by atoms with Crippen LogP contribution in [0.3, 0.4) is 0 Å². The van der Waals surface area contributed by atoms with Crippen LogP contribution >= 0.6 is 0 Å². The third-order valence-electron chi connectivity index (χ3n) is 1.68. The largest absolute Gasteiger partial charge is 0.478 e. The maximum Gasteiger partial charge on any atom is 0.337 e.